The Balaban J connectivity index is 1.73. The Labute approximate surface area is 187 Å². The highest BCUT2D eigenvalue weighted by Crippen LogP contribution is 2.26. The molecule has 1 unspecified atom stereocenters. The Bertz CT molecular complexity index is 1020. The molecule has 6 nitrogen and oxygen atoms in total. The van der Waals surface area contributed by atoms with Crippen LogP contribution >= 0.6 is 11.8 Å². The summed E-state index contributed by atoms with van der Waals surface area (Å²) in [6.07, 6.45) is 1.79. The molecular formula is C24H28N4O2S. The van der Waals surface area contributed by atoms with E-state index >= 15 is 0 Å². The van der Waals surface area contributed by atoms with Gasteiger partial charge in [-0.3, -0.25) is 9.36 Å². The first kappa shape index (κ1) is 22.6. The second-order valence-corrected chi connectivity index (χ2v) is 8.39. The summed E-state index contributed by atoms with van der Waals surface area (Å²) >= 11 is 1.40. The molecule has 31 heavy (non-hydrogen) atoms. The molecule has 0 spiro atoms. The third-order valence-electron chi connectivity index (χ3n) is 4.74. The fourth-order valence-corrected chi connectivity index (χ4v) is 4.12. The molecule has 1 amide bonds. The Kier molecular flexibility index (Phi) is 7.89. The average Bonchev–Trinajstić information content (AvgIpc) is 3.15. The summed E-state index contributed by atoms with van der Waals surface area (Å²) in [7, 11) is 0. The Hall–Kier alpha value is -3.06. The molecule has 1 aromatic heterocycles. The first-order valence-electron chi connectivity index (χ1n) is 10.3. The van der Waals surface area contributed by atoms with Crippen LogP contribution in [0.3, 0.4) is 0 Å². The highest BCUT2D eigenvalue weighted by atomic mass is 32.2. The first-order chi connectivity index (χ1) is 15.0. The van der Waals surface area contributed by atoms with Crippen LogP contribution in [0.2, 0.25) is 0 Å². The van der Waals surface area contributed by atoms with Gasteiger partial charge in [-0.1, -0.05) is 48.2 Å². The van der Waals surface area contributed by atoms with Crippen molar-refractivity contribution in [2.24, 2.45) is 0 Å². The van der Waals surface area contributed by atoms with Gasteiger partial charge in [-0.15, -0.1) is 16.8 Å². The van der Waals surface area contributed by atoms with Gasteiger partial charge in [0.25, 0.3) is 0 Å². The minimum Gasteiger partial charge on any atom is -0.486 e. The summed E-state index contributed by atoms with van der Waals surface area (Å²) in [5.74, 6) is 1.51. The summed E-state index contributed by atoms with van der Waals surface area (Å²) in [6.45, 7) is 11.2. The molecule has 0 N–H and O–H groups in total. The maximum Gasteiger partial charge on any atom is 0.240 e. The smallest absolute Gasteiger partial charge is 0.240 e. The van der Waals surface area contributed by atoms with Crippen LogP contribution in [-0.2, 0) is 17.9 Å². The molecule has 2 aromatic carbocycles. The molecule has 1 atom stereocenters. The summed E-state index contributed by atoms with van der Waals surface area (Å²) in [5, 5.41) is 8.98. The lowest BCUT2D eigenvalue weighted by Crippen LogP contribution is -2.36. The van der Waals surface area contributed by atoms with Crippen LogP contribution in [0.1, 0.15) is 25.2 Å². The van der Waals surface area contributed by atoms with Gasteiger partial charge in [0, 0.05) is 18.8 Å². The number of benzene rings is 2. The van der Waals surface area contributed by atoms with E-state index < -0.39 is 0 Å². The van der Waals surface area contributed by atoms with Crippen molar-refractivity contribution in [2.45, 2.75) is 44.3 Å². The summed E-state index contributed by atoms with van der Waals surface area (Å²) in [4.78, 5) is 14.9. The van der Waals surface area contributed by atoms with Crippen molar-refractivity contribution in [3.8, 4) is 5.75 Å². The van der Waals surface area contributed by atoms with Gasteiger partial charge in [-0.05, 0) is 50.6 Å². The normalized spacial score (nSPS) is 11.7. The molecular weight excluding hydrogens is 408 g/mol. The number of thioether (sulfide) groups is 1. The highest BCUT2D eigenvalue weighted by molar-refractivity contribution is 8.00. The number of allylic oxidation sites excluding steroid dienone is 1. The van der Waals surface area contributed by atoms with Gasteiger partial charge < -0.3 is 9.64 Å². The molecule has 1 heterocycles. The zero-order valence-electron chi connectivity index (χ0n) is 18.2. The van der Waals surface area contributed by atoms with E-state index in [9.17, 15) is 4.79 Å². The number of hydrogen-bond donors (Lipinski definition) is 0. The van der Waals surface area contributed by atoms with Gasteiger partial charge in [0.15, 0.2) is 11.0 Å². The van der Waals surface area contributed by atoms with E-state index in [1.165, 1.54) is 11.8 Å². The van der Waals surface area contributed by atoms with E-state index in [4.69, 9.17) is 4.74 Å². The minimum absolute atomic E-state index is 0.0319. The second-order valence-electron chi connectivity index (χ2n) is 7.08. The quantitative estimate of drug-likeness (QED) is 0.335. The lowest BCUT2D eigenvalue weighted by Gasteiger charge is -2.24. The van der Waals surface area contributed by atoms with Crippen molar-refractivity contribution >= 4 is 23.4 Å². The highest BCUT2D eigenvalue weighted by Gasteiger charge is 2.24. The Morgan fingerprint density at radius 2 is 2.00 bits per heavy atom. The topological polar surface area (TPSA) is 60.2 Å². The Morgan fingerprint density at radius 3 is 2.68 bits per heavy atom. The molecule has 7 heteroatoms. The number of para-hydroxylation sites is 1. The fraction of sp³-hybridized carbons (Fsp3) is 0.292. The number of carbonyl (C=O) groups excluding carboxylic acids is 1. The van der Waals surface area contributed by atoms with E-state index in [1.54, 1.807) is 11.0 Å². The summed E-state index contributed by atoms with van der Waals surface area (Å²) in [5.41, 5.74) is 2.02. The van der Waals surface area contributed by atoms with Crippen LogP contribution in [0.4, 0.5) is 5.69 Å². The lowest BCUT2D eigenvalue weighted by molar-refractivity contribution is -0.117. The number of nitrogens with zero attached hydrogens (tertiary/aromatic N) is 4. The van der Waals surface area contributed by atoms with Crippen LogP contribution in [0.25, 0.3) is 0 Å². The molecule has 0 radical (unpaired) electrons. The number of aromatic nitrogens is 3. The number of rotatable bonds is 10. The Morgan fingerprint density at radius 1 is 1.23 bits per heavy atom. The van der Waals surface area contributed by atoms with Crippen LogP contribution in [0, 0.1) is 6.92 Å². The zero-order valence-corrected chi connectivity index (χ0v) is 19.0. The van der Waals surface area contributed by atoms with Crippen molar-refractivity contribution in [3.63, 3.8) is 0 Å². The van der Waals surface area contributed by atoms with E-state index in [-0.39, 0.29) is 17.8 Å². The standard InChI is InChI=1S/C24H28N4O2S/c1-5-15-28-22(17-30-21-14-10-11-18(3)16-21)25-26-24(28)31-19(4)23(29)27(6-2)20-12-8-7-9-13-20/h5,7-14,16,19H,1,6,15,17H2,2-4H3. The van der Waals surface area contributed by atoms with Crippen LogP contribution in [-0.4, -0.2) is 32.5 Å². The molecule has 0 aliphatic heterocycles. The SMILES string of the molecule is C=CCn1c(COc2cccc(C)c2)nnc1SC(C)C(=O)N(CC)c1ccccc1. The van der Waals surface area contributed by atoms with Crippen LogP contribution in [0.5, 0.6) is 5.75 Å². The molecule has 0 aliphatic rings. The van der Waals surface area contributed by atoms with Gasteiger partial charge in [-0.2, -0.15) is 0 Å². The molecule has 3 rings (SSSR count). The van der Waals surface area contributed by atoms with E-state index in [0.29, 0.717) is 24.1 Å². The van der Waals surface area contributed by atoms with Gasteiger partial charge in [0.1, 0.15) is 12.4 Å². The van der Waals surface area contributed by atoms with Crippen molar-refractivity contribution in [2.75, 3.05) is 11.4 Å². The van der Waals surface area contributed by atoms with E-state index in [2.05, 4.69) is 16.8 Å². The zero-order chi connectivity index (χ0) is 22.2. The minimum atomic E-state index is -0.321. The number of ether oxygens (including phenoxy) is 1. The number of amides is 1. The van der Waals surface area contributed by atoms with E-state index in [0.717, 1.165) is 17.0 Å². The molecule has 3 aromatic rings. The predicted octanol–water partition coefficient (Wildman–Crippen LogP) is 4.89. The molecule has 162 valence electrons. The lowest BCUT2D eigenvalue weighted by atomic mass is 10.2. The van der Waals surface area contributed by atoms with Gasteiger partial charge in [-0.25, -0.2) is 0 Å². The number of aryl methyl sites for hydroxylation is 1. The fourth-order valence-electron chi connectivity index (χ4n) is 3.18. The first-order valence-corrected chi connectivity index (χ1v) is 11.2. The molecule has 0 saturated heterocycles. The number of anilines is 1. The third kappa shape index (κ3) is 5.76. The van der Waals surface area contributed by atoms with Gasteiger partial charge in [0.2, 0.25) is 5.91 Å². The van der Waals surface area contributed by atoms with Crippen molar-refractivity contribution < 1.29 is 9.53 Å². The molecule has 0 fully saturated rings. The largest absolute Gasteiger partial charge is 0.486 e. The second kappa shape index (κ2) is 10.8. The van der Waals surface area contributed by atoms with Crippen molar-refractivity contribution in [3.05, 3.63) is 78.6 Å². The molecule has 0 bridgehead atoms. The number of hydrogen-bond acceptors (Lipinski definition) is 5. The maximum atomic E-state index is 13.1. The van der Waals surface area contributed by atoms with Gasteiger partial charge in [0.05, 0.1) is 5.25 Å². The van der Waals surface area contributed by atoms with Crippen molar-refractivity contribution in [1.82, 2.24) is 14.8 Å². The van der Waals surface area contributed by atoms with Crippen molar-refractivity contribution in [1.29, 1.82) is 0 Å². The summed E-state index contributed by atoms with van der Waals surface area (Å²) < 4.78 is 7.84. The average molecular weight is 437 g/mol. The van der Waals surface area contributed by atoms with Crippen LogP contribution in [0.15, 0.2) is 72.4 Å². The predicted molar refractivity (Wildman–Crippen MR) is 126 cm³/mol. The monoisotopic (exact) mass is 436 g/mol. The molecule has 0 aliphatic carbocycles. The number of carbonyl (C=O) groups is 1. The van der Waals surface area contributed by atoms with Gasteiger partial charge >= 0.3 is 0 Å². The van der Waals surface area contributed by atoms with E-state index in [1.807, 2.05) is 79.9 Å². The molecule has 0 saturated carbocycles. The summed E-state index contributed by atoms with van der Waals surface area (Å²) in [6, 6.07) is 17.6. The van der Waals surface area contributed by atoms with Crippen LogP contribution < -0.4 is 9.64 Å². The third-order valence-corrected chi connectivity index (χ3v) is 5.81. The maximum absolute atomic E-state index is 13.1.